The van der Waals surface area contributed by atoms with E-state index in [0.717, 1.165) is 38.7 Å². The molecule has 2 aliphatic rings. The van der Waals surface area contributed by atoms with E-state index >= 15 is 0 Å². The zero-order chi connectivity index (χ0) is 10.8. The summed E-state index contributed by atoms with van der Waals surface area (Å²) in [4.78, 5) is 2.49. The summed E-state index contributed by atoms with van der Waals surface area (Å²) >= 11 is 0. The van der Waals surface area contributed by atoms with Crippen molar-refractivity contribution in [2.75, 3.05) is 13.7 Å². The first kappa shape index (κ1) is 11.4. The van der Waals surface area contributed by atoms with Crippen LogP contribution >= 0.6 is 0 Å². The molecule has 1 heterocycles. The second kappa shape index (κ2) is 4.81. The van der Waals surface area contributed by atoms with E-state index in [2.05, 4.69) is 18.9 Å². The highest BCUT2D eigenvalue weighted by Crippen LogP contribution is 2.27. The molecule has 3 heteroatoms. The fraction of sp³-hybridized carbons (Fsp3) is 1.00. The smallest absolute Gasteiger partial charge is 0.0703 e. The lowest BCUT2D eigenvalue weighted by Gasteiger charge is -2.37. The predicted octanol–water partition coefficient (Wildman–Crippen LogP) is 1.40. The van der Waals surface area contributed by atoms with Crippen molar-refractivity contribution < 1.29 is 9.84 Å². The third kappa shape index (κ3) is 2.52. The van der Waals surface area contributed by atoms with Gasteiger partial charge in [0.15, 0.2) is 0 Å². The van der Waals surface area contributed by atoms with E-state index in [0.29, 0.717) is 18.2 Å². The lowest BCUT2D eigenvalue weighted by Crippen LogP contribution is -2.45. The maximum atomic E-state index is 9.48. The number of nitrogens with zero attached hydrogens (tertiary/aromatic N) is 1. The van der Waals surface area contributed by atoms with E-state index in [4.69, 9.17) is 4.74 Å². The third-order valence-corrected chi connectivity index (χ3v) is 4.10. The minimum atomic E-state index is -0.0492. The normalized spacial score (nSPS) is 42.4. The van der Waals surface area contributed by atoms with Crippen LogP contribution in [-0.2, 0) is 4.74 Å². The standard InChI is InChI=1S/C12H23NO2/c1-9-12(7-8-15-9)13(2)10-3-5-11(14)6-4-10/h9-12,14H,3-8H2,1-2H3. The Labute approximate surface area is 92.4 Å². The van der Waals surface area contributed by atoms with E-state index in [-0.39, 0.29) is 6.10 Å². The van der Waals surface area contributed by atoms with Crippen LogP contribution in [0.2, 0.25) is 0 Å². The van der Waals surface area contributed by atoms with Crippen LogP contribution in [0.15, 0.2) is 0 Å². The van der Waals surface area contributed by atoms with Gasteiger partial charge in [0.05, 0.1) is 12.2 Å². The Kier molecular flexibility index (Phi) is 3.65. The summed E-state index contributed by atoms with van der Waals surface area (Å²) in [6.07, 6.45) is 5.71. The molecule has 3 nitrogen and oxygen atoms in total. The topological polar surface area (TPSA) is 32.7 Å². The summed E-state index contributed by atoms with van der Waals surface area (Å²) in [5.41, 5.74) is 0. The quantitative estimate of drug-likeness (QED) is 0.752. The number of hydrogen-bond donors (Lipinski definition) is 1. The van der Waals surface area contributed by atoms with Gasteiger partial charge >= 0.3 is 0 Å². The molecule has 0 aromatic carbocycles. The molecule has 2 atom stereocenters. The Morgan fingerprint density at radius 1 is 1.13 bits per heavy atom. The molecule has 15 heavy (non-hydrogen) atoms. The van der Waals surface area contributed by atoms with Crippen molar-refractivity contribution in [1.82, 2.24) is 4.90 Å². The highest BCUT2D eigenvalue weighted by molar-refractivity contribution is 4.86. The molecule has 2 unspecified atom stereocenters. The maximum absolute atomic E-state index is 9.48. The van der Waals surface area contributed by atoms with Gasteiger partial charge in [-0.15, -0.1) is 0 Å². The van der Waals surface area contributed by atoms with Gasteiger partial charge in [-0.1, -0.05) is 0 Å². The highest BCUT2D eigenvalue weighted by Gasteiger charge is 2.33. The van der Waals surface area contributed by atoms with E-state index in [1.165, 1.54) is 0 Å². The molecule has 1 aliphatic carbocycles. The second-order valence-electron chi connectivity index (χ2n) is 5.06. The SMILES string of the molecule is CC1OCCC1N(C)C1CCC(O)CC1. The molecule has 1 saturated carbocycles. The van der Waals surface area contributed by atoms with Crippen LogP contribution < -0.4 is 0 Å². The lowest BCUT2D eigenvalue weighted by atomic mass is 9.91. The number of rotatable bonds is 2. The molecule has 0 aromatic rings. The Bertz CT molecular complexity index is 202. The summed E-state index contributed by atoms with van der Waals surface area (Å²) in [5.74, 6) is 0. The molecule has 2 rings (SSSR count). The Morgan fingerprint density at radius 3 is 2.33 bits per heavy atom. The van der Waals surface area contributed by atoms with E-state index in [1.54, 1.807) is 0 Å². The van der Waals surface area contributed by atoms with Crippen LogP contribution in [0.5, 0.6) is 0 Å². The van der Waals surface area contributed by atoms with Crippen molar-refractivity contribution >= 4 is 0 Å². The van der Waals surface area contributed by atoms with Crippen molar-refractivity contribution in [3.8, 4) is 0 Å². The van der Waals surface area contributed by atoms with Gasteiger partial charge in [-0.05, 0) is 46.1 Å². The summed E-state index contributed by atoms with van der Waals surface area (Å²) in [6, 6.07) is 1.24. The third-order valence-electron chi connectivity index (χ3n) is 4.10. The van der Waals surface area contributed by atoms with Crippen LogP contribution in [-0.4, -0.2) is 48.0 Å². The van der Waals surface area contributed by atoms with Gasteiger partial charge in [0, 0.05) is 18.7 Å². The summed E-state index contributed by atoms with van der Waals surface area (Å²) in [7, 11) is 2.22. The summed E-state index contributed by atoms with van der Waals surface area (Å²) in [5, 5.41) is 9.48. The summed E-state index contributed by atoms with van der Waals surface area (Å²) in [6.45, 7) is 3.08. The van der Waals surface area contributed by atoms with Crippen molar-refractivity contribution in [1.29, 1.82) is 0 Å². The zero-order valence-electron chi connectivity index (χ0n) is 9.85. The Balaban J connectivity index is 1.87. The first-order chi connectivity index (χ1) is 7.18. The van der Waals surface area contributed by atoms with E-state index < -0.39 is 0 Å². The average molecular weight is 213 g/mol. The zero-order valence-corrected chi connectivity index (χ0v) is 9.85. The first-order valence-corrected chi connectivity index (χ1v) is 6.20. The largest absolute Gasteiger partial charge is 0.393 e. The van der Waals surface area contributed by atoms with Crippen LogP contribution in [0, 0.1) is 0 Å². The molecule has 0 aromatic heterocycles. The van der Waals surface area contributed by atoms with Crippen LogP contribution in [0.4, 0.5) is 0 Å². The van der Waals surface area contributed by atoms with Gasteiger partial charge in [0.25, 0.3) is 0 Å². The molecular formula is C12H23NO2. The Hall–Kier alpha value is -0.120. The minimum Gasteiger partial charge on any atom is -0.393 e. The molecule has 1 N–H and O–H groups in total. The first-order valence-electron chi connectivity index (χ1n) is 6.20. The fourth-order valence-electron chi connectivity index (χ4n) is 2.99. The molecule has 88 valence electrons. The number of aliphatic hydroxyl groups is 1. The Morgan fingerprint density at radius 2 is 1.80 bits per heavy atom. The minimum absolute atomic E-state index is 0.0492. The average Bonchev–Trinajstić information content (AvgIpc) is 2.65. The number of ether oxygens (including phenoxy) is 1. The number of aliphatic hydroxyl groups excluding tert-OH is 1. The van der Waals surface area contributed by atoms with E-state index in [1.807, 2.05) is 0 Å². The molecule has 2 fully saturated rings. The van der Waals surface area contributed by atoms with Gasteiger partial charge in [0.2, 0.25) is 0 Å². The highest BCUT2D eigenvalue weighted by atomic mass is 16.5. The van der Waals surface area contributed by atoms with Crippen LogP contribution in [0.1, 0.15) is 39.0 Å². The van der Waals surface area contributed by atoms with Crippen LogP contribution in [0.25, 0.3) is 0 Å². The van der Waals surface area contributed by atoms with Crippen molar-refractivity contribution in [3.63, 3.8) is 0 Å². The van der Waals surface area contributed by atoms with Gasteiger partial charge in [-0.3, -0.25) is 4.90 Å². The van der Waals surface area contributed by atoms with Gasteiger partial charge in [-0.25, -0.2) is 0 Å². The van der Waals surface area contributed by atoms with Crippen molar-refractivity contribution in [2.45, 2.75) is 63.3 Å². The van der Waals surface area contributed by atoms with Crippen molar-refractivity contribution in [2.24, 2.45) is 0 Å². The maximum Gasteiger partial charge on any atom is 0.0703 e. The molecular weight excluding hydrogens is 190 g/mol. The molecule has 1 aliphatic heterocycles. The predicted molar refractivity (Wildman–Crippen MR) is 59.8 cm³/mol. The van der Waals surface area contributed by atoms with Crippen molar-refractivity contribution in [3.05, 3.63) is 0 Å². The van der Waals surface area contributed by atoms with Gasteiger partial charge in [0.1, 0.15) is 0 Å². The molecule has 1 saturated heterocycles. The van der Waals surface area contributed by atoms with Gasteiger partial charge in [-0.2, -0.15) is 0 Å². The fourth-order valence-corrected chi connectivity index (χ4v) is 2.99. The monoisotopic (exact) mass is 213 g/mol. The molecule has 0 radical (unpaired) electrons. The molecule has 0 bridgehead atoms. The lowest BCUT2D eigenvalue weighted by molar-refractivity contribution is 0.0371. The molecule has 0 amide bonds. The second-order valence-corrected chi connectivity index (χ2v) is 5.06. The van der Waals surface area contributed by atoms with Crippen LogP contribution in [0.3, 0.4) is 0 Å². The number of hydrogen-bond acceptors (Lipinski definition) is 3. The van der Waals surface area contributed by atoms with E-state index in [9.17, 15) is 5.11 Å². The summed E-state index contributed by atoms with van der Waals surface area (Å²) < 4.78 is 5.61. The molecule has 0 spiro atoms. The van der Waals surface area contributed by atoms with Gasteiger partial charge < -0.3 is 9.84 Å². The number of likely N-dealkylation sites (N-methyl/N-ethyl adjacent to an activating group) is 1.